The van der Waals surface area contributed by atoms with Crippen molar-refractivity contribution < 1.29 is 34.5 Å². The number of aliphatic hydroxyl groups excluding tert-OH is 3. The average Bonchev–Trinajstić information content (AvgIpc) is 2.82. The molecule has 0 aliphatic heterocycles. The predicted molar refractivity (Wildman–Crippen MR) is 129 cm³/mol. The van der Waals surface area contributed by atoms with Gasteiger partial charge < -0.3 is 25.0 Å². The Labute approximate surface area is 203 Å². The zero-order chi connectivity index (χ0) is 25.5. The highest BCUT2D eigenvalue weighted by Crippen LogP contribution is 2.14. The molecule has 3 atom stereocenters. The predicted octanol–water partition coefficient (Wildman–Crippen LogP) is 2.21. The van der Waals surface area contributed by atoms with Gasteiger partial charge in [0.25, 0.3) is 11.8 Å². The second-order valence-electron chi connectivity index (χ2n) is 8.53. The summed E-state index contributed by atoms with van der Waals surface area (Å²) < 4.78 is 5.30. The molecule has 0 bridgehead atoms. The minimum Gasteiger partial charge on any atom is -0.388 e. The monoisotopic (exact) mass is 482 g/mol. The lowest BCUT2D eigenvalue weighted by molar-refractivity contribution is -0.115. The van der Waals surface area contributed by atoms with Crippen LogP contribution in [-0.2, 0) is 9.57 Å². The summed E-state index contributed by atoms with van der Waals surface area (Å²) in [4.78, 5) is 32.2. The molecule has 0 saturated carbocycles. The van der Waals surface area contributed by atoms with E-state index in [0.717, 1.165) is 37.7 Å². The molecule has 9 heteroatoms. The average molecular weight is 483 g/mol. The van der Waals surface area contributed by atoms with Gasteiger partial charge in [-0.3, -0.25) is 14.4 Å². The molecule has 4 N–H and O–H groups in total. The molecule has 1 aromatic carbocycles. The number of carbonyl (C=O) groups excluding carboxylic acids is 2. The fourth-order valence-electron chi connectivity index (χ4n) is 3.44. The van der Waals surface area contributed by atoms with Crippen LogP contribution < -0.4 is 5.48 Å². The lowest BCUT2D eigenvalue weighted by Crippen LogP contribution is -2.43. The van der Waals surface area contributed by atoms with E-state index in [4.69, 9.17) is 9.57 Å². The molecule has 1 rings (SSSR count). The molecule has 0 heterocycles. The normalized spacial score (nSPS) is 13.9. The number of hydrogen-bond acceptors (Lipinski definition) is 7. The van der Waals surface area contributed by atoms with Crippen molar-refractivity contribution in [2.24, 2.45) is 0 Å². The number of nitrogens with zero attached hydrogens (tertiary/aromatic N) is 1. The number of aryl methyl sites for hydroxylation is 1. The maximum Gasteiger partial charge on any atom is 0.274 e. The molecule has 0 radical (unpaired) electrons. The molecular formula is C25H42N2O7. The van der Waals surface area contributed by atoms with Gasteiger partial charge in [-0.25, -0.2) is 5.48 Å². The van der Waals surface area contributed by atoms with E-state index < -0.39 is 30.8 Å². The Bertz CT molecular complexity index is 738. The van der Waals surface area contributed by atoms with Gasteiger partial charge >= 0.3 is 0 Å². The van der Waals surface area contributed by atoms with Crippen molar-refractivity contribution in [3.8, 4) is 0 Å². The van der Waals surface area contributed by atoms with Crippen LogP contribution in [0.2, 0.25) is 0 Å². The first-order valence-electron chi connectivity index (χ1n) is 12.2. The van der Waals surface area contributed by atoms with Crippen LogP contribution >= 0.6 is 0 Å². The number of carbonyl (C=O) groups is 2. The van der Waals surface area contributed by atoms with Gasteiger partial charge in [0.1, 0.15) is 24.9 Å². The van der Waals surface area contributed by atoms with E-state index in [0.29, 0.717) is 25.3 Å². The number of rotatable bonds is 17. The maximum absolute atomic E-state index is 12.9. The lowest BCUT2D eigenvalue weighted by Gasteiger charge is -2.23. The van der Waals surface area contributed by atoms with Gasteiger partial charge in [0.15, 0.2) is 0 Å². The maximum atomic E-state index is 12.9. The molecule has 194 valence electrons. The van der Waals surface area contributed by atoms with Gasteiger partial charge in [0.05, 0.1) is 6.61 Å². The highest BCUT2D eigenvalue weighted by Gasteiger charge is 2.25. The number of unbranched alkanes of at least 4 members (excludes halogenated alkanes) is 2. The second-order valence-corrected chi connectivity index (χ2v) is 8.53. The van der Waals surface area contributed by atoms with Gasteiger partial charge in [-0.2, -0.15) is 0 Å². The summed E-state index contributed by atoms with van der Waals surface area (Å²) in [5.41, 5.74) is 3.63. The Morgan fingerprint density at radius 1 is 0.912 bits per heavy atom. The van der Waals surface area contributed by atoms with E-state index in [1.54, 1.807) is 24.0 Å². The molecule has 0 unspecified atom stereocenters. The quantitative estimate of drug-likeness (QED) is 0.198. The fourth-order valence-corrected chi connectivity index (χ4v) is 3.44. The standard InChI is InChI=1S/C25H42N2O7/c1-5-8-9-12-33-16-21(28)23(30)22(29)17-34-26-24(31)19-13-18(4)14-20(15-19)25(32)27(10-6-2)11-7-3/h13-15,21-23,28-30H,5-12,16-17H2,1-4H3,(H,26,31)/t21-,22+,23+/m1/s1. The molecule has 0 saturated heterocycles. The summed E-state index contributed by atoms with van der Waals surface area (Å²) in [6.07, 6.45) is 0.400. The Hall–Kier alpha value is -2.04. The molecule has 0 fully saturated rings. The van der Waals surface area contributed by atoms with Gasteiger partial charge in [0.2, 0.25) is 0 Å². The molecule has 0 aromatic heterocycles. The smallest absolute Gasteiger partial charge is 0.274 e. The van der Waals surface area contributed by atoms with E-state index in [1.807, 2.05) is 13.8 Å². The third kappa shape index (κ3) is 10.5. The van der Waals surface area contributed by atoms with E-state index in [9.17, 15) is 24.9 Å². The van der Waals surface area contributed by atoms with Crippen LogP contribution in [0.15, 0.2) is 18.2 Å². The van der Waals surface area contributed by atoms with Crippen molar-refractivity contribution in [2.45, 2.75) is 78.1 Å². The summed E-state index contributed by atoms with van der Waals surface area (Å²) >= 11 is 0. The van der Waals surface area contributed by atoms with Crippen LogP contribution in [0.1, 0.15) is 79.2 Å². The van der Waals surface area contributed by atoms with E-state index >= 15 is 0 Å². The summed E-state index contributed by atoms with van der Waals surface area (Å²) in [6.45, 7) is 9.09. The van der Waals surface area contributed by atoms with Crippen molar-refractivity contribution in [3.63, 3.8) is 0 Å². The Balaban J connectivity index is 2.60. The van der Waals surface area contributed by atoms with Crippen LogP contribution in [0.5, 0.6) is 0 Å². The van der Waals surface area contributed by atoms with E-state index in [2.05, 4.69) is 12.4 Å². The van der Waals surface area contributed by atoms with Gasteiger partial charge in [-0.15, -0.1) is 0 Å². The minimum atomic E-state index is -1.49. The molecule has 0 spiro atoms. The van der Waals surface area contributed by atoms with Crippen LogP contribution in [0.25, 0.3) is 0 Å². The van der Waals surface area contributed by atoms with Crippen LogP contribution in [0, 0.1) is 6.92 Å². The highest BCUT2D eigenvalue weighted by molar-refractivity contribution is 5.99. The van der Waals surface area contributed by atoms with Gasteiger partial charge in [0, 0.05) is 30.8 Å². The third-order valence-corrected chi connectivity index (χ3v) is 5.25. The van der Waals surface area contributed by atoms with Crippen LogP contribution in [-0.4, -0.2) is 83.3 Å². The number of nitrogens with one attached hydrogen (secondary N) is 1. The first kappa shape index (κ1) is 30.0. The van der Waals surface area contributed by atoms with Gasteiger partial charge in [-0.05, 0) is 49.9 Å². The third-order valence-electron chi connectivity index (χ3n) is 5.25. The minimum absolute atomic E-state index is 0.110. The fraction of sp³-hybridized carbons (Fsp3) is 0.680. The first-order valence-corrected chi connectivity index (χ1v) is 12.2. The summed E-state index contributed by atoms with van der Waals surface area (Å²) in [6, 6.07) is 4.88. The van der Waals surface area contributed by atoms with E-state index in [1.165, 1.54) is 6.07 Å². The summed E-state index contributed by atoms with van der Waals surface area (Å²) in [5.74, 6) is -0.719. The number of amides is 2. The Kier molecular flexibility index (Phi) is 14.6. The van der Waals surface area contributed by atoms with Crippen LogP contribution in [0.4, 0.5) is 0 Å². The van der Waals surface area contributed by atoms with E-state index in [-0.39, 0.29) is 18.1 Å². The highest BCUT2D eigenvalue weighted by atomic mass is 16.7. The molecule has 0 aliphatic carbocycles. The van der Waals surface area contributed by atoms with Crippen molar-refractivity contribution in [1.82, 2.24) is 10.4 Å². The molecule has 34 heavy (non-hydrogen) atoms. The zero-order valence-electron chi connectivity index (χ0n) is 21.0. The Morgan fingerprint density at radius 3 is 2.15 bits per heavy atom. The van der Waals surface area contributed by atoms with Crippen molar-refractivity contribution >= 4 is 11.8 Å². The largest absolute Gasteiger partial charge is 0.388 e. The molecule has 1 aromatic rings. The summed E-state index contributed by atoms with van der Waals surface area (Å²) in [5, 5.41) is 30.0. The Morgan fingerprint density at radius 2 is 1.53 bits per heavy atom. The van der Waals surface area contributed by atoms with Gasteiger partial charge in [-0.1, -0.05) is 33.6 Å². The SMILES string of the molecule is CCCCCOC[C@@H](O)[C@H](O)[C@@H](O)CONC(=O)c1cc(C)cc(C(=O)N(CCC)CCC)c1. The van der Waals surface area contributed by atoms with Crippen molar-refractivity contribution in [2.75, 3.05) is 32.9 Å². The number of hydroxylamine groups is 1. The molecule has 0 aliphatic rings. The lowest BCUT2D eigenvalue weighted by atomic mass is 10.0. The number of aliphatic hydroxyl groups is 3. The molecular weight excluding hydrogens is 440 g/mol. The van der Waals surface area contributed by atoms with Crippen molar-refractivity contribution in [3.05, 3.63) is 34.9 Å². The second kappa shape index (κ2) is 16.6. The number of hydrogen-bond donors (Lipinski definition) is 4. The molecule has 2 amide bonds. The number of benzene rings is 1. The first-order chi connectivity index (χ1) is 16.2. The summed E-state index contributed by atoms with van der Waals surface area (Å²) in [7, 11) is 0. The number of ether oxygens (including phenoxy) is 1. The zero-order valence-corrected chi connectivity index (χ0v) is 21.0. The van der Waals surface area contributed by atoms with Crippen molar-refractivity contribution in [1.29, 1.82) is 0 Å². The molecule has 9 nitrogen and oxygen atoms in total. The van der Waals surface area contributed by atoms with Crippen LogP contribution in [0.3, 0.4) is 0 Å². The topological polar surface area (TPSA) is 129 Å².